The molecule has 2 nitrogen and oxygen atoms in total. The van der Waals surface area contributed by atoms with Crippen molar-refractivity contribution >= 4 is 27.5 Å². The molecule has 0 aliphatic heterocycles. The predicted molar refractivity (Wildman–Crippen MR) is 84.0 cm³/mol. The van der Waals surface area contributed by atoms with Crippen molar-refractivity contribution in [3.63, 3.8) is 0 Å². The molecule has 0 fully saturated rings. The fourth-order valence-electron chi connectivity index (χ4n) is 1.95. The second-order valence-electron chi connectivity index (χ2n) is 4.59. The Morgan fingerprint density at radius 1 is 1.23 bits per heavy atom. The molecular weight excluding hydrogens is 381 g/mol. The monoisotopic (exact) mass is 391 g/mol. The maximum Gasteiger partial charge on any atom is 0.416 e. The molecule has 0 amide bonds. The standard InChI is InChI=1S/C15H12BrClF3N2/c16-11-7-13(17)14(22-9-11)5-6-21-8-10-3-1-2-4-12(10)15(18,19)20/h1-4,7,9H,5-6,8H2/q-1. The highest BCUT2D eigenvalue weighted by Crippen LogP contribution is 2.32. The molecule has 22 heavy (non-hydrogen) atoms. The molecule has 118 valence electrons. The molecule has 0 aliphatic rings. The molecule has 0 saturated carbocycles. The van der Waals surface area contributed by atoms with Crippen LogP contribution in [-0.2, 0) is 19.1 Å². The molecule has 0 unspecified atom stereocenters. The van der Waals surface area contributed by atoms with Crippen LogP contribution in [0.4, 0.5) is 13.2 Å². The third kappa shape index (κ3) is 4.69. The normalized spacial score (nSPS) is 11.7. The van der Waals surface area contributed by atoms with Crippen LogP contribution in [-0.4, -0.2) is 11.5 Å². The lowest BCUT2D eigenvalue weighted by molar-refractivity contribution is -0.138. The van der Waals surface area contributed by atoms with Crippen LogP contribution in [0.5, 0.6) is 0 Å². The van der Waals surface area contributed by atoms with E-state index < -0.39 is 11.7 Å². The zero-order chi connectivity index (χ0) is 16.2. The number of rotatable bonds is 5. The van der Waals surface area contributed by atoms with E-state index >= 15 is 0 Å². The number of nitrogens with zero attached hydrogens (tertiary/aromatic N) is 2. The Hall–Kier alpha value is -1.11. The minimum Gasteiger partial charge on any atom is -0.658 e. The van der Waals surface area contributed by atoms with Crippen molar-refractivity contribution < 1.29 is 13.2 Å². The summed E-state index contributed by atoms with van der Waals surface area (Å²) in [5.74, 6) is 0. The van der Waals surface area contributed by atoms with Crippen molar-refractivity contribution in [1.82, 2.24) is 4.98 Å². The maximum atomic E-state index is 12.8. The van der Waals surface area contributed by atoms with Crippen LogP contribution >= 0.6 is 27.5 Å². The molecule has 1 aromatic heterocycles. The van der Waals surface area contributed by atoms with Crippen molar-refractivity contribution in [2.24, 2.45) is 0 Å². The summed E-state index contributed by atoms with van der Waals surface area (Å²) in [6.45, 7) is 0.379. The topological polar surface area (TPSA) is 27.0 Å². The van der Waals surface area contributed by atoms with Gasteiger partial charge in [-0.05, 0) is 34.5 Å². The molecule has 0 saturated heterocycles. The molecule has 0 N–H and O–H groups in total. The van der Waals surface area contributed by atoms with Crippen molar-refractivity contribution in [2.45, 2.75) is 19.1 Å². The highest BCUT2D eigenvalue weighted by atomic mass is 79.9. The molecule has 7 heteroatoms. The van der Waals surface area contributed by atoms with Crippen molar-refractivity contribution in [2.75, 3.05) is 6.54 Å². The maximum absolute atomic E-state index is 12.8. The zero-order valence-corrected chi connectivity index (χ0v) is 13.7. The van der Waals surface area contributed by atoms with Crippen molar-refractivity contribution in [3.8, 4) is 0 Å². The molecule has 2 aromatic rings. The number of hydrogen-bond acceptors (Lipinski definition) is 1. The highest BCUT2D eigenvalue weighted by Gasteiger charge is 2.31. The summed E-state index contributed by atoms with van der Waals surface area (Å²) in [7, 11) is 0. The van der Waals surface area contributed by atoms with Crippen LogP contribution in [0.15, 0.2) is 41.0 Å². The van der Waals surface area contributed by atoms with Crippen LogP contribution in [0.2, 0.25) is 5.02 Å². The Bertz CT molecular complexity index is 647. The molecular formula is C15H12BrClF3N2-. The third-order valence-corrected chi connectivity index (χ3v) is 3.76. The first kappa shape index (κ1) is 17.2. The van der Waals surface area contributed by atoms with Gasteiger partial charge in [0.25, 0.3) is 0 Å². The Morgan fingerprint density at radius 2 is 1.95 bits per heavy atom. The number of alkyl halides is 3. The Balaban J connectivity index is 1.92. The summed E-state index contributed by atoms with van der Waals surface area (Å²) >= 11 is 9.29. The second-order valence-corrected chi connectivity index (χ2v) is 5.92. The molecule has 0 aliphatic carbocycles. The first-order valence-corrected chi connectivity index (χ1v) is 7.63. The summed E-state index contributed by atoms with van der Waals surface area (Å²) in [6.07, 6.45) is -2.25. The molecule has 0 bridgehead atoms. The van der Waals surface area contributed by atoms with Crippen LogP contribution < -0.4 is 0 Å². The van der Waals surface area contributed by atoms with Gasteiger partial charge in [0.2, 0.25) is 0 Å². The lowest BCUT2D eigenvalue weighted by atomic mass is 10.1. The van der Waals surface area contributed by atoms with Gasteiger partial charge in [-0.2, -0.15) is 13.2 Å². The fraction of sp³-hybridized carbons (Fsp3) is 0.267. The zero-order valence-electron chi connectivity index (χ0n) is 11.4. The fourth-order valence-corrected chi connectivity index (χ4v) is 2.67. The molecule has 1 aromatic carbocycles. The van der Waals surface area contributed by atoms with Gasteiger partial charge >= 0.3 is 6.18 Å². The van der Waals surface area contributed by atoms with E-state index in [4.69, 9.17) is 11.6 Å². The van der Waals surface area contributed by atoms with Crippen LogP contribution in [0, 0.1) is 0 Å². The van der Waals surface area contributed by atoms with E-state index in [-0.39, 0.29) is 12.1 Å². The Kier molecular flexibility index (Phi) is 5.83. The van der Waals surface area contributed by atoms with Gasteiger partial charge < -0.3 is 5.32 Å². The summed E-state index contributed by atoms with van der Waals surface area (Å²) in [4.78, 5) is 4.16. The minimum absolute atomic E-state index is 0.0177. The minimum atomic E-state index is -4.36. The molecule has 0 spiro atoms. The second kappa shape index (κ2) is 7.44. The quantitative estimate of drug-likeness (QED) is 0.606. The number of hydrogen-bond donors (Lipinski definition) is 0. The first-order chi connectivity index (χ1) is 10.4. The van der Waals surface area contributed by atoms with Gasteiger partial charge in [0.15, 0.2) is 0 Å². The Morgan fingerprint density at radius 3 is 2.64 bits per heavy atom. The van der Waals surface area contributed by atoms with E-state index in [1.807, 2.05) is 0 Å². The average molecular weight is 393 g/mol. The molecule has 2 rings (SSSR count). The van der Waals surface area contributed by atoms with Crippen LogP contribution in [0.25, 0.3) is 5.32 Å². The van der Waals surface area contributed by atoms with Gasteiger partial charge in [-0.3, -0.25) is 4.98 Å². The third-order valence-electron chi connectivity index (χ3n) is 3.00. The van der Waals surface area contributed by atoms with Gasteiger partial charge in [-0.25, -0.2) is 0 Å². The van der Waals surface area contributed by atoms with Gasteiger partial charge in [0.05, 0.1) is 16.3 Å². The van der Waals surface area contributed by atoms with Gasteiger partial charge in [0.1, 0.15) is 0 Å². The van der Waals surface area contributed by atoms with Crippen LogP contribution in [0.3, 0.4) is 0 Å². The number of benzene rings is 1. The van der Waals surface area contributed by atoms with E-state index in [9.17, 15) is 13.2 Å². The van der Waals surface area contributed by atoms with Gasteiger partial charge in [-0.15, -0.1) is 13.1 Å². The summed E-state index contributed by atoms with van der Waals surface area (Å²) in [5, 5.41) is 4.68. The molecule has 0 radical (unpaired) electrons. The molecule has 1 heterocycles. The smallest absolute Gasteiger partial charge is 0.416 e. The predicted octanol–water partition coefficient (Wildman–Crippen LogP) is 5.63. The van der Waals surface area contributed by atoms with Crippen molar-refractivity contribution in [1.29, 1.82) is 0 Å². The van der Waals surface area contributed by atoms with E-state index in [1.165, 1.54) is 12.1 Å². The van der Waals surface area contributed by atoms with E-state index in [0.29, 0.717) is 23.7 Å². The van der Waals surface area contributed by atoms with Gasteiger partial charge in [0, 0.05) is 10.7 Å². The summed E-state index contributed by atoms with van der Waals surface area (Å²) < 4.78 is 39.3. The first-order valence-electron chi connectivity index (χ1n) is 6.46. The van der Waals surface area contributed by atoms with Crippen molar-refractivity contribution in [3.05, 3.63) is 68.2 Å². The average Bonchev–Trinajstić information content (AvgIpc) is 2.45. The SMILES string of the molecule is FC(F)(F)c1ccccc1C[N-]CCc1ncc(Br)cc1Cl. The number of pyridine rings is 1. The number of halogens is 5. The van der Waals surface area contributed by atoms with Crippen LogP contribution in [0.1, 0.15) is 16.8 Å². The summed E-state index contributed by atoms with van der Waals surface area (Å²) in [5.41, 5.74) is 0.209. The largest absolute Gasteiger partial charge is 0.658 e. The lowest BCUT2D eigenvalue weighted by Gasteiger charge is -2.22. The molecule has 0 atom stereocenters. The van der Waals surface area contributed by atoms with E-state index in [0.717, 1.165) is 10.5 Å². The van der Waals surface area contributed by atoms with E-state index in [2.05, 4.69) is 26.2 Å². The highest BCUT2D eigenvalue weighted by molar-refractivity contribution is 9.10. The Labute approximate surface area is 139 Å². The summed E-state index contributed by atoms with van der Waals surface area (Å²) in [6, 6.07) is 7.18. The van der Waals surface area contributed by atoms with Gasteiger partial charge in [-0.1, -0.05) is 35.4 Å². The number of aromatic nitrogens is 1. The van der Waals surface area contributed by atoms with E-state index in [1.54, 1.807) is 18.3 Å². The lowest BCUT2D eigenvalue weighted by Crippen LogP contribution is -2.09.